The van der Waals surface area contributed by atoms with Gasteiger partial charge in [-0.05, 0) is 37.6 Å². The molecule has 0 spiro atoms. The van der Waals surface area contributed by atoms with Crippen LogP contribution >= 0.6 is 0 Å². The van der Waals surface area contributed by atoms with Gasteiger partial charge >= 0.3 is 6.18 Å². The van der Waals surface area contributed by atoms with Crippen molar-refractivity contribution in [1.29, 1.82) is 0 Å². The molecule has 1 aliphatic heterocycles. The highest BCUT2D eigenvalue weighted by atomic mass is 19.4. The van der Waals surface area contributed by atoms with E-state index >= 15 is 0 Å². The number of alkyl halides is 3. The predicted molar refractivity (Wildman–Crippen MR) is 89.5 cm³/mol. The van der Waals surface area contributed by atoms with Gasteiger partial charge in [-0.2, -0.15) is 13.2 Å². The molecule has 1 saturated heterocycles. The molecule has 0 N–H and O–H groups in total. The van der Waals surface area contributed by atoms with Crippen LogP contribution in [0, 0.1) is 12.8 Å². The Morgan fingerprint density at radius 1 is 1.35 bits per heavy atom. The standard InChI is InChI=1S/C18H20F3N3O2/c1-12-3-5-15(26-12)11-23(2)17(25)13-7-8-24(10-13)16-6-4-14(9-22-16)18(19,20)21/h3-6,9,13H,7-8,10-11H2,1-2H3/t13-/m0/s1. The number of rotatable bonds is 4. The van der Waals surface area contributed by atoms with Crippen molar-refractivity contribution in [1.82, 2.24) is 9.88 Å². The number of hydrogen-bond donors (Lipinski definition) is 0. The number of halogens is 3. The van der Waals surface area contributed by atoms with Gasteiger partial charge in [0.05, 0.1) is 18.0 Å². The van der Waals surface area contributed by atoms with Crippen molar-refractivity contribution in [2.45, 2.75) is 26.1 Å². The Hall–Kier alpha value is -2.51. The lowest BCUT2D eigenvalue weighted by molar-refractivity contribution is -0.137. The molecule has 0 bridgehead atoms. The van der Waals surface area contributed by atoms with E-state index in [9.17, 15) is 18.0 Å². The van der Waals surface area contributed by atoms with E-state index in [1.165, 1.54) is 6.07 Å². The van der Waals surface area contributed by atoms with Crippen molar-refractivity contribution in [2.75, 3.05) is 25.0 Å². The summed E-state index contributed by atoms with van der Waals surface area (Å²) in [6.07, 6.45) is -2.93. The molecule has 2 aromatic rings. The van der Waals surface area contributed by atoms with E-state index in [1.807, 2.05) is 24.0 Å². The summed E-state index contributed by atoms with van der Waals surface area (Å²) < 4.78 is 43.4. The fourth-order valence-electron chi connectivity index (χ4n) is 3.10. The molecule has 140 valence electrons. The number of amides is 1. The van der Waals surface area contributed by atoms with Crippen LogP contribution in [0.4, 0.5) is 19.0 Å². The first-order valence-electron chi connectivity index (χ1n) is 8.32. The van der Waals surface area contributed by atoms with Crippen molar-refractivity contribution in [3.05, 3.63) is 47.5 Å². The zero-order valence-corrected chi connectivity index (χ0v) is 14.6. The summed E-state index contributed by atoms with van der Waals surface area (Å²) in [6.45, 7) is 3.26. The van der Waals surface area contributed by atoms with Crippen LogP contribution in [0.5, 0.6) is 0 Å². The smallest absolute Gasteiger partial charge is 0.417 e. The molecule has 8 heteroatoms. The lowest BCUT2D eigenvalue weighted by atomic mass is 10.1. The SMILES string of the molecule is Cc1ccc(CN(C)C(=O)[C@H]2CCN(c3ccc(C(F)(F)F)cn3)C2)o1. The Bertz CT molecular complexity index is 771. The lowest BCUT2D eigenvalue weighted by Crippen LogP contribution is -2.34. The van der Waals surface area contributed by atoms with E-state index in [2.05, 4.69) is 4.98 Å². The van der Waals surface area contributed by atoms with E-state index in [1.54, 1.807) is 11.9 Å². The van der Waals surface area contributed by atoms with Crippen LogP contribution in [0.1, 0.15) is 23.5 Å². The summed E-state index contributed by atoms with van der Waals surface area (Å²) in [5.74, 6) is 1.75. The summed E-state index contributed by atoms with van der Waals surface area (Å²) in [7, 11) is 1.72. The molecule has 0 saturated carbocycles. The molecule has 3 heterocycles. The minimum absolute atomic E-state index is 0.00605. The number of furan rings is 1. The highest BCUT2D eigenvalue weighted by Gasteiger charge is 2.33. The Kier molecular flexibility index (Phi) is 4.93. The number of aryl methyl sites for hydroxylation is 1. The predicted octanol–water partition coefficient (Wildman–Crippen LogP) is 3.49. The van der Waals surface area contributed by atoms with Crippen LogP contribution in [-0.4, -0.2) is 35.9 Å². The van der Waals surface area contributed by atoms with Crippen LogP contribution < -0.4 is 4.90 Å². The van der Waals surface area contributed by atoms with Gasteiger partial charge in [0.1, 0.15) is 17.3 Å². The fourth-order valence-corrected chi connectivity index (χ4v) is 3.10. The van der Waals surface area contributed by atoms with Crippen LogP contribution in [0.25, 0.3) is 0 Å². The van der Waals surface area contributed by atoms with E-state index in [0.717, 1.165) is 23.8 Å². The third-order valence-electron chi connectivity index (χ3n) is 4.50. The van der Waals surface area contributed by atoms with E-state index in [-0.39, 0.29) is 11.8 Å². The van der Waals surface area contributed by atoms with E-state index in [4.69, 9.17) is 4.42 Å². The number of aromatic nitrogens is 1. The molecule has 1 fully saturated rings. The zero-order valence-electron chi connectivity index (χ0n) is 14.6. The number of carbonyl (C=O) groups excluding carboxylic acids is 1. The molecule has 0 aromatic carbocycles. The van der Waals surface area contributed by atoms with Crippen molar-refractivity contribution in [3.8, 4) is 0 Å². The topological polar surface area (TPSA) is 49.6 Å². The Balaban J connectivity index is 1.60. The minimum Gasteiger partial charge on any atom is -0.464 e. The van der Waals surface area contributed by atoms with Crippen molar-refractivity contribution in [3.63, 3.8) is 0 Å². The van der Waals surface area contributed by atoms with Gasteiger partial charge in [0.2, 0.25) is 5.91 Å². The van der Waals surface area contributed by atoms with Gasteiger partial charge in [0.15, 0.2) is 0 Å². The Labute approximate surface area is 149 Å². The number of nitrogens with zero attached hydrogens (tertiary/aromatic N) is 3. The second-order valence-corrected chi connectivity index (χ2v) is 6.54. The van der Waals surface area contributed by atoms with Crippen LogP contribution in [0.3, 0.4) is 0 Å². The summed E-state index contributed by atoms with van der Waals surface area (Å²) in [4.78, 5) is 20.0. The van der Waals surface area contributed by atoms with Gasteiger partial charge in [-0.25, -0.2) is 4.98 Å². The van der Waals surface area contributed by atoms with Gasteiger partial charge in [0.25, 0.3) is 0 Å². The molecule has 2 aromatic heterocycles. The highest BCUT2D eigenvalue weighted by Crippen LogP contribution is 2.30. The quantitative estimate of drug-likeness (QED) is 0.830. The first kappa shape index (κ1) is 18.3. The van der Waals surface area contributed by atoms with E-state index in [0.29, 0.717) is 31.9 Å². The van der Waals surface area contributed by atoms with Gasteiger partial charge < -0.3 is 14.2 Å². The maximum absolute atomic E-state index is 12.6. The molecule has 3 rings (SSSR count). The Morgan fingerprint density at radius 3 is 2.69 bits per heavy atom. The summed E-state index contributed by atoms with van der Waals surface area (Å²) >= 11 is 0. The second-order valence-electron chi connectivity index (χ2n) is 6.54. The molecule has 0 aliphatic carbocycles. The zero-order chi connectivity index (χ0) is 18.9. The van der Waals surface area contributed by atoms with E-state index < -0.39 is 11.7 Å². The molecule has 0 radical (unpaired) electrons. The lowest BCUT2D eigenvalue weighted by Gasteiger charge is -2.21. The third kappa shape index (κ3) is 4.00. The largest absolute Gasteiger partial charge is 0.464 e. The van der Waals surface area contributed by atoms with Crippen molar-refractivity contribution >= 4 is 11.7 Å². The maximum atomic E-state index is 12.6. The first-order chi connectivity index (χ1) is 12.2. The second kappa shape index (κ2) is 7.01. The number of hydrogen-bond acceptors (Lipinski definition) is 4. The number of pyridine rings is 1. The van der Waals surface area contributed by atoms with Gasteiger partial charge in [-0.1, -0.05) is 0 Å². The third-order valence-corrected chi connectivity index (χ3v) is 4.50. The molecular weight excluding hydrogens is 347 g/mol. The Morgan fingerprint density at radius 2 is 2.12 bits per heavy atom. The van der Waals surface area contributed by atoms with Gasteiger partial charge in [-0.15, -0.1) is 0 Å². The monoisotopic (exact) mass is 367 g/mol. The molecule has 1 aliphatic rings. The van der Waals surface area contributed by atoms with Crippen molar-refractivity contribution in [2.24, 2.45) is 5.92 Å². The summed E-state index contributed by atoms with van der Waals surface area (Å²) in [6, 6.07) is 6.06. The average Bonchev–Trinajstić information content (AvgIpc) is 3.23. The molecular formula is C18H20F3N3O2. The normalized spacial score (nSPS) is 17.6. The number of carbonyl (C=O) groups is 1. The molecule has 1 atom stereocenters. The molecule has 1 amide bonds. The van der Waals surface area contributed by atoms with Gasteiger partial charge in [0, 0.05) is 26.3 Å². The summed E-state index contributed by atoms with van der Waals surface area (Å²) in [5, 5.41) is 0. The summed E-state index contributed by atoms with van der Waals surface area (Å²) in [5.41, 5.74) is -0.776. The molecule has 0 unspecified atom stereocenters. The average molecular weight is 367 g/mol. The first-order valence-corrected chi connectivity index (χ1v) is 8.32. The highest BCUT2D eigenvalue weighted by molar-refractivity contribution is 5.80. The maximum Gasteiger partial charge on any atom is 0.417 e. The van der Waals surface area contributed by atoms with Crippen LogP contribution in [0.2, 0.25) is 0 Å². The van der Waals surface area contributed by atoms with Crippen molar-refractivity contribution < 1.29 is 22.4 Å². The molecule has 26 heavy (non-hydrogen) atoms. The minimum atomic E-state index is -4.40. The molecule has 5 nitrogen and oxygen atoms in total. The van der Waals surface area contributed by atoms with Crippen LogP contribution in [-0.2, 0) is 17.5 Å². The number of anilines is 1. The fraction of sp³-hybridized carbons (Fsp3) is 0.444. The van der Waals surface area contributed by atoms with Gasteiger partial charge in [-0.3, -0.25) is 4.79 Å². The van der Waals surface area contributed by atoms with Crippen LogP contribution in [0.15, 0.2) is 34.9 Å².